The van der Waals surface area contributed by atoms with Crippen LogP contribution in [0.2, 0.25) is 0 Å². The number of hydrogen-bond donors (Lipinski definition) is 0. The van der Waals surface area contributed by atoms with Crippen molar-refractivity contribution in [1.29, 1.82) is 0 Å². The molecule has 0 aliphatic carbocycles. The quantitative estimate of drug-likeness (QED) is 0.589. The lowest BCUT2D eigenvalue weighted by Crippen LogP contribution is -1.77. The normalized spacial score (nSPS) is 8.39. The highest BCUT2D eigenvalue weighted by Gasteiger charge is 1.84. The van der Waals surface area contributed by atoms with Gasteiger partial charge < -0.3 is 0 Å². The molecule has 0 unspecified atom stereocenters. The first-order chi connectivity index (χ1) is 8.72. The van der Waals surface area contributed by atoms with Crippen molar-refractivity contribution < 1.29 is 0 Å². The van der Waals surface area contributed by atoms with E-state index in [0.29, 0.717) is 0 Å². The van der Waals surface area contributed by atoms with Crippen LogP contribution in [0.25, 0.3) is 0 Å². The summed E-state index contributed by atoms with van der Waals surface area (Å²) >= 11 is 0. The lowest BCUT2D eigenvalue weighted by Gasteiger charge is -1.94. The molecule has 2 aromatic rings. The summed E-state index contributed by atoms with van der Waals surface area (Å²) in [4.78, 5) is 0. The molecular weight excluding hydrogens is 216 g/mol. The van der Waals surface area contributed by atoms with E-state index in [2.05, 4.69) is 70.3 Å². The van der Waals surface area contributed by atoms with E-state index in [1.54, 1.807) is 0 Å². The van der Waals surface area contributed by atoms with Crippen molar-refractivity contribution in [2.24, 2.45) is 0 Å². The maximum atomic E-state index is 3.00. The summed E-state index contributed by atoms with van der Waals surface area (Å²) in [5.41, 5.74) is 4.08. The Labute approximate surface area is 112 Å². The Morgan fingerprint density at radius 2 is 1.17 bits per heavy atom. The zero-order chi connectivity index (χ0) is 13.8. The van der Waals surface area contributed by atoms with Gasteiger partial charge in [-0.2, -0.15) is 0 Å². The molecule has 0 spiro atoms. The van der Waals surface area contributed by atoms with E-state index >= 15 is 0 Å². The second-order valence-electron chi connectivity index (χ2n) is 3.99. The minimum Gasteiger partial charge on any atom is -0.106 e. The fourth-order valence-corrected chi connectivity index (χ4v) is 1.36. The minimum absolute atomic E-state index is 1.14. The summed E-state index contributed by atoms with van der Waals surface area (Å²) in [7, 11) is 0. The van der Waals surface area contributed by atoms with Crippen molar-refractivity contribution in [3.8, 4) is 0 Å². The van der Waals surface area contributed by atoms with Gasteiger partial charge in [0.15, 0.2) is 0 Å². The molecule has 2 aromatic carbocycles. The third-order valence-electron chi connectivity index (χ3n) is 2.47. The predicted molar refractivity (Wildman–Crippen MR) is 83.0 cm³/mol. The summed E-state index contributed by atoms with van der Waals surface area (Å²) in [6, 6.07) is 18.9. The monoisotopic (exact) mass is 240 g/mol. The Morgan fingerprint density at radius 3 is 1.50 bits per heavy atom. The van der Waals surface area contributed by atoms with Crippen LogP contribution in [-0.2, 0) is 6.42 Å². The molecule has 2 rings (SSSR count). The lowest BCUT2D eigenvalue weighted by atomic mass is 10.1. The molecule has 0 saturated carbocycles. The first-order valence-electron chi connectivity index (χ1n) is 6.29. The molecule has 0 saturated heterocycles. The number of aryl methyl sites for hydroxylation is 3. The molecule has 0 amide bonds. The highest BCUT2D eigenvalue weighted by Crippen LogP contribution is 2.02. The minimum atomic E-state index is 1.14. The van der Waals surface area contributed by atoms with Crippen LogP contribution in [-0.4, -0.2) is 0 Å². The van der Waals surface area contributed by atoms with E-state index < -0.39 is 0 Å². The molecule has 0 aliphatic rings. The molecule has 0 heterocycles. The Hall–Kier alpha value is -1.82. The summed E-state index contributed by atoms with van der Waals surface area (Å²) in [6.07, 6.45) is 1.14. The molecule has 0 aromatic heterocycles. The fourth-order valence-electron chi connectivity index (χ4n) is 1.36. The Kier molecular flexibility index (Phi) is 9.30. The van der Waals surface area contributed by atoms with E-state index in [0.717, 1.165) is 6.42 Å². The van der Waals surface area contributed by atoms with E-state index in [9.17, 15) is 0 Å². The third kappa shape index (κ3) is 7.45. The van der Waals surface area contributed by atoms with Crippen LogP contribution in [0, 0.1) is 13.8 Å². The van der Waals surface area contributed by atoms with E-state index in [4.69, 9.17) is 0 Å². The van der Waals surface area contributed by atoms with Crippen molar-refractivity contribution in [3.63, 3.8) is 0 Å². The molecule has 18 heavy (non-hydrogen) atoms. The van der Waals surface area contributed by atoms with Gasteiger partial charge in [-0.3, -0.25) is 0 Å². The summed E-state index contributed by atoms with van der Waals surface area (Å²) in [6.45, 7) is 12.4. The molecule has 0 heteroatoms. The SMILES string of the molecule is C=C.CCc1ccc(C)cc1.Cc1ccccc1. The number of benzene rings is 2. The fraction of sp³-hybridized carbons (Fsp3) is 0.222. The van der Waals surface area contributed by atoms with Gasteiger partial charge in [-0.1, -0.05) is 72.6 Å². The standard InChI is InChI=1S/C9H12.C7H8.C2H4/c1-3-9-6-4-8(2)5-7-9;1-7-5-3-2-4-6-7;1-2/h4-7H,3H2,1-2H3;2-6H,1H3;1-2H2. The largest absolute Gasteiger partial charge is 0.106 e. The zero-order valence-electron chi connectivity index (χ0n) is 11.8. The van der Waals surface area contributed by atoms with Gasteiger partial charge in [0, 0.05) is 0 Å². The molecule has 0 N–H and O–H groups in total. The number of hydrogen-bond acceptors (Lipinski definition) is 0. The third-order valence-corrected chi connectivity index (χ3v) is 2.47. The Balaban J connectivity index is 0.000000289. The average Bonchev–Trinajstić information content (AvgIpc) is 2.43. The van der Waals surface area contributed by atoms with Gasteiger partial charge in [0.2, 0.25) is 0 Å². The zero-order valence-corrected chi connectivity index (χ0v) is 11.8. The predicted octanol–water partition coefficient (Wildman–Crippen LogP) is 5.35. The highest BCUT2D eigenvalue weighted by molar-refractivity contribution is 5.20. The van der Waals surface area contributed by atoms with Crippen LogP contribution in [0.5, 0.6) is 0 Å². The van der Waals surface area contributed by atoms with Gasteiger partial charge in [-0.15, -0.1) is 13.2 Å². The molecule has 96 valence electrons. The van der Waals surface area contributed by atoms with Gasteiger partial charge >= 0.3 is 0 Å². The maximum Gasteiger partial charge on any atom is -0.0307 e. The molecule has 0 bridgehead atoms. The summed E-state index contributed by atoms with van der Waals surface area (Å²) in [5.74, 6) is 0. The average molecular weight is 240 g/mol. The molecule has 0 atom stereocenters. The van der Waals surface area contributed by atoms with Crippen LogP contribution in [0.3, 0.4) is 0 Å². The van der Waals surface area contributed by atoms with Gasteiger partial charge in [0.05, 0.1) is 0 Å². The molecule has 0 fully saturated rings. The summed E-state index contributed by atoms with van der Waals surface area (Å²) < 4.78 is 0. The lowest BCUT2D eigenvalue weighted by molar-refractivity contribution is 1.14. The van der Waals surface area contributed by atoms with Crippen LogP contribution in [0.15, 0.2) is 67.8 Å². The first-order valence-corrected chi connectivity index (χ1v) is 6.29. The molecular formula is C18H24. The Morgan fingerprint density at radius 1 is 0.722 bits per heavy atom. The molecule has 0 nitrogen and oxygen atoms in total. The second-order valence-corrected chi connectivity index (χ2v) is 3.99. The van der Waals surface area contributed by atoms with Gasteiger partial charge in [-0.05, 0) is 25.8 Å². The smallest absolute Gasteiger partial charge is 0.0307 e. The second kappa shape index (κ2) is 10.3. The summed E-state index contributed by atoms with van der Waals surface area (Å²) in [5, 5.41) is 0. The van der Waals surface area contributed by atoms with Crippen molar-refractivity contribution >= 4 is 0 Å². The van der Waals surface area contributed by atoms with E-state index in [1.807, 2.05) is 18.2 Å². The van der Waals surface area contributed by atoms with Crippen LogP contribution >= 0.6 is 0 Å². The van der Waals surface area contributed by atoms with Crippen molar-refractivity contribution in [1.82, 2.24) is 0 Å². The van der Waals surface area contributed by atoms with Gasteiger partial charge in [-0.25, -0.2) is 0 Å². The Bertz CT molecular complexity index is 398. The van der Waals surface area contributed by atoms with Crippen molar-refractivity contribution in [3.05, 3.63) is 84.4 Å². The topological polar surface area (TPSA) is 0 Å². The van der Waals surface area contributed by atoms with Gasteiger partial charge in [0.25, 0.3) is 0 Å². The van der Waals surface area contributed by atoms with E-state index in [1.165, 1.54) is 16.7 Å². The highest BCUT2D eigenvalue weighted by atomic mass is 13.9. The van der Waals surface area contributed by atoms with Crippen molar-refractivity contribution in [2.75, 3.05) is 0 Å². The molecule has 0 aliphatic heterocycles. The van der Waals surface area contributed by atoms with Gasteiger partial charge in [0.1, 0.15) is 0 Å². The number of rotatable bonds is 1. The first kappa shape index (κ1) is 16.2. The molecule has 0 radical (unpaired) electrons. The maximum absolute atomic E-state index is 3.00. The van der Waals surface area contributed by atoms with E-state index in [-0.39, 0.29) is 0 Å². The van der Waals surface area contributed by atoms with Crippen LogP contribution in [0.4, 0.5) is 0 Å². The van der Waals surface area contributed by atoms with Crippen molar-refractivity contribution in [2.45, 2.75) is 27.2 Å². The van der Waals surface area contributed by atoms with Crippen LogP contribution < -0.4 is 0 Å². The van der Waals surface area contributed by atoms with Crippen LogP contribution in [0.1, 0.15) is 23.6 Å².